The van der Waals surface area contributed by atoms with Gasteiger partial charge in [-0.05, 0) is 67.6 Å². The molecule has 1 unspecified atom stereocenters. The summed E-state index contributed by atoms with van der Waals surface area (Å²) in [6.07, 6.45) is 0. The molecule has 0 radical (unpaired) electrons. The maximum atomic E-state index is 6.68. The molecule has 0 fully saturated rings. The number of nitrogens with two attached hydrogens (primary N) is 1. The van der Waals surface area contributed by atoms with Gasteiger partial charge in [-0.15, -0.1) is 0 Å². The topological polar surface area (TPSA) is 35.2 Å². The molecule has 0 aliphatic rings. The monoisotopic (exact) mass is 269 g/mol. The van der Waals surface area contributed by atoms with Crippen LogP contribution in [0.25, 0.3) is 0 Å². The molecule has 2 aromatic carbocycles. The Balaban J connectivity index is 2.61. The normalized spacial score (nSPS) is 13.9. The Kier molecular flexibility index (Phi) is 3.87. The summed E-state index contributed by atoms with van der Waals surface area (Å²) in [5, 5.41) is 0. The number of methoxy groups -OCH3 is 1. The second-order valence-electron chi connectivity index (χ2n) is 5.65. The van der Waals surface area contributed by atoms with Gasteiger partial charge >= 0.3 is 0 Å². The molecule has 0 saturated heterocycles. The highest BCUT2D eigenvalue weighted by atomic mass is 16.5. The summed E-state index contributed by atoms with van der Waals surface area (Å²) in [6, 6.07) is 12.5. The van der Waals surface area contributed by atoms with Crippen LogP contribution in [0.1, 0.15) is 34.7 Å². The average Bonchev–Trinajstić information content (AvgIpc) is 2.41. The number of hydrogen-bond acceptors (Lipinski definition) is 2. The first kappa shape index (κ1) is 14.6. The van der Waals surface area contributed by atoms with E-state index in [4.69, 9.17) is 10.5 Å². The molecule has 0 aromatic heterocycles. The van der Waals surface area contributed by atoms with Crippen molar-refractivity contribution in [3.05, 3.63) is 64.2 Å². The molecule has 0 saturated carbocycles. The van der Waals surface area contributed by atoms with Crippen molar-refractivity contribution in [2.24, 2.45) is 5.73 Å². The second-order valence-corrected chi connectivity index (χ2v) is 5.65. The molecule has 106 valence electrons. The zero-order valence-electron chi connectivity index (χ0n) is 12.9. The minimum absolute atomic E-state index is 0.507. The minimum atomic E-state index is -0.507. The molecule has 0 bridgehead atoms. The van der Waals surface area contributed by atoms with Crippen molar-refractivity contribution in [2.75, 3.05) is 7.11 Å². The van der Waals surface area contributed by atoms with E-state index in [0.29, 0.717) is 0 Å². The van der Waals surface area contributed by atoms with E-state index in [9.17, 15) is 0 Å². The van der Waals surface area contributed by atoms with E-state index in [0.717, 1.165) is 28.0 Å². The van der Waals surface area contributed by atoms with Crippen molar-refractivity contribution in [3.63, 3.8) is 0 Å². The highest BCUT2D eigenvalue weighted by molar-refractivity contribution is 5.49. The molecule has 20 heavy (non-hydrogen) atoms. The molecule has 2 rings (SSSR count). The highest BCUT2D eigenvalue weighted by Gasteiger charge is 2.27. The van der Waals surface area contributed by atoms with Gasteiger partial charge < -0.3 is 10.5 Å². The number of rotatable bonds is 3. The van der Waals surface area contributed by atoms with Crippen LogP contribution in [0.4, 0.5) is 0 Å². The Bertz CT molecular complexity index is 629. The molecule has 0 heterocycles. The molecule has 2 aromatic rings. The van der Waals surface area contributed by atoms with Gasteiger partial charge in [-0.2, -0.15) is 0 Å². The van der Waals surface area contributed by atoms with Crippen LogP contribution in [0.3, 0.4) is 0 Å². The lowest BCUT2D eigenvalue weighted by atomic mass is 9.80. The van der Waals surface area contributed by atoms with Crippen molar-refractivity contribution in [3.8, 4) is 5.75 Å². The van der Waals surface area contributed by atoms with Crippen LogP contribution in [0.5, 0.6) is 5.75 Å². The number of ether oxygens (including phenoxy) is 1. The Morgan fingerprint density at radius 1 is 0.900 bits per heavy atom. The fraction of sp³-hybridized carbons (Fsp3) is 0.333. The van der Waals surface area contributed by atoms with Crippen molar-refractivity contribution in [1.82, 2.24) is 0 Å². The summed E-state index contributed by atoms with van der Waals surface area (Å²) >= 11 is 0. The van der Waals surface area contributed by atoms with E-state index in [2.05, 4.69) is 52.0 Å². The summed E-state index contributed by atoms with van der Waals surface area (Å²) in [7, 11) is 1.70. The fourth-order valence-electron chi connectivity index (χ4n) is 2.87. The Labute approximate surface area is 121 Å². The molecule has 0 amide bonds. The first-order valence-corrected chi connectivity index (χ1v) is 6.88. The molecule has 0 aliphatic heterocycles. The maximum Gasteiger partial charge on any atom is 0.122 e. The lowest BCUT2D eigenvalue weighted by Crippen LogP contribution is -2.36. The van der Waals surface area contributed by atoms with Crippen LogP contribution in [0.2, 0.25) is 0 Å². The van der Waals surface area contributed by atoms with Crippen LogP contribution in [0, 0.1) is 20.8 Å². The highest BCUT2D eigenvalue weighted by Crippen LogP contribution is 2.34. The summed E-state index contributed by atoms with van der Waals surface area (Å²) in [5.74, 6) is 0.909. The molecule has 0 spiro atoms. The lowest BCUT2D eigenvalue weighted by molar-refractivity contribution is 0.410. The lowest BCUT2D eigenvalue weighted by Gasteiger charge is -2.30. The van der Waals surface area contributed by atoms with Gasteiger partial charge in [0.1, 0.15) is 5.75 Å². The zero-order valence-corrected chi connectivity index (χ0v) is 12.9. The minimum Gasteiger partial charge on any atom is -0.496 e. The van der Waals surface area contributed by atoms with Gasteiger partial charge in [0.25, 0.3) is 0 Å². The van der Waals surface area contributed by atoms with E-state index >= 15 is 0 Å². The standard InChI is InChI=1S/C18H23NO/c1-12-8-6-7-9-15(12)18(4,19)16-10-14(3)17(20-5)11-13(16)2/h6-11H,19H2,1-5H3. The van der Waals surface area contributed by atoms with Crippen LogP contribution in [-0.4, -0.2) is 7.11 Å². The molecule has 2 N–H and O–H groups in total. The number of aryl methyl sites for hydroxylation is 3. The SMILES string of the molecule is COc1cc(C)c(C(C)(N)c2ccccc2C)cc1C. The first-order chi connectivity index (χ1) is 9.37. The van der Waals surface area contributed by atoms with E-state index in [1.54, 1.807) is 7.11 Å². The predicted octanol–water partition coefficient (Wildman–Crippen LogP) is 3.84. The molecule has 0 aliphatic carbocycles. The third-order valence-corrected chi connectivity index (χ3v) is 4.01. The molecular formula is C18H23NO. The quantitative estimate of drug-likeness (QED) is 0.918. The van der Waals surface area contributed by atoms with Crippen molar-refractivity contribution in [2.45, 2.75) is 33.2 Å². The Hall–Kier alpha value is -1.80. The van der Waals surface area contributed by atoms with Gasteiger partial charge in [0, 0.05) is 0 Å². The van der Waals surface area contributed by atoms with Gasteiger partial charge in [0.15, 0.2) is 0 Å². The number of benzene rings is 2. The smallest absolute Gasteiger partial charge is 0.122 e. The van der Waals surface area contributed by atoms with Crippen LogP contribution < -0.4 is 10.5 Å². The Morgan fingerprint density at radius 2 is 1.55 bits per heavy atom. The van der Waals surface area contributed by atoms with E-state index in [1.807, 2.05) is 12.1 Å². The summed E-state index contributed by atoms with van der Waals surface area (Å²) < 4.78 is 5.38. The molecule has 2 nitrogen and oxygen atoms in total. The largest absolute Gasteiger partial charge is 0.496 e. The van der Waals surface area contributed by atoms with Crippen molar-refractivity contribution >= 4 is 0 Å². The molecule has 1 atom stereocenters. The maximum absolute atomic E-state index is 6.68. The third kappa shape index (κ3) is 2.44. The van der Waals surface area contributed by atoms with Gasteiger partial charge in [0.2, 0.25) is 0 Å². The predicted molar refractivity (Wildman–Crippen MR) is 84.3 cm³/mol. The van der Waals surface area contributed by atoms with E-state index in [1.165, 1.54) is 5.56 Å². The van der Waals surface area contributed by atoms with Gasteiger partial charge in [-0.1, -0.05) is 24.3 Å². The van der Waals surface area contributed by atoms with Crippen LogP contribution in [0.15, 0.2) is 36.4 Å². The number of hydrogen-bond donors (Lipinski definition) is 1. The van der Waals surface area contributed by atoms with Gasteiger partial charge in [0.05, 0.1) is 12.6 Å². The van der Waals surface area contributed by atoms with Crippen LogP contribution >= 0.6 is 0 Å². The summed E-state index contributed by atoms with van der Waals surface area (Å²) in [5.41, 5.74) is 12.0. The van der Waals surface area contributed by atoms with Gasteiger partial charge in [-0.25, -0.2) is 0 Å². The van der Waals surface area contributed by atoms with Gasteiger partial charge in [-0.3, -0.25) is 0 Å². The zero-order chi connectivity index (χ0) is 14.9. The fourth-order valence-corrected chi connectivity index (χ4v) is 2.87. The van der Waals surface area contributed by atoms with E-state index in [-0.39, 0.29) is 0 Å². The molecular weight excluding hydrogens is 246 g/mol. The van der Waals surface area contributed by atoms with Crippen molar-refractivity contribution in [1.29, 1.82) is 0 Å². The van der Waals surface area contributed by atoms with E-state index < -0.39 is 5.54 Å². The average molecular weight is 269 g/mol. The third-order valence-electron chi connectivity index (χ3n) is 4.01. The first-order valence-electron chi connectivity index (χ1n) is 6.88. The molecule has 2 heteroatoms. The second kappa shape index (κ2) is 5.29. The Morgan fingerprint density at radius 3 is 2.15 bits per heavy atom. The van der Waals surface area contributed by atoms with Crippen LogP contribution in [-0.2, 0) is 5.54 Å². The summed E-state index contributed by atoms with van der Waals surface area (Å²) in [6.45, 7) is 8.31. The summed E-state index contributed by atoms with van der Waals surface area (Å²) in [4.78, 5) is 0. The van der Waals surface area contributed by atoms with Crippen molar-refractivity contribution < 1.29 is 4.74 Å².